The Morgan fingerprint density at radius 1 is 1.06 bits per heavy atom. The van der Waals surface area contributed by atoms with Gasteiger partial charge in [0.25, 0.3) is 0 Å². The van der Waals surface area contributed by atoms with Gasteiger partial charge in [-0.3, -0.25) is 0 Å². The molecule has 94 valence electrons. The summed E-state index contributed by atoms with van der Waals surface area (Å²) in [7, 11) is 0. The van der Waals surface area contributed by atoms with Crippen molar-refractivity contribution in [3.8, 4) is 0 Å². The predicted octanol–water partition coefficient (Wildman–Crippen LogP) is 2.52. The Morgan fingerprint density at radius 3 is 2.62 bits per heavy atom. The van der Waals surface area contributed by atoms with Crippen LogP contribution in [0, 0.1) is 0 Å². The third-order valence-corrected chi connectivity index (χ3v) is 5.34. The molecule has 0 spiro atoms. The number of rotatable bonds is 3. The van der Waals surface area contributed by atoms with Gasteiger partial charge >= 0.3 is 0 Å². The molecule has 0 aromatic rings. The van der Waals surface area contributed by atoms with E-state index in [1.807, 2.05) is 11.8 Å². The van der Waals surface area contributed by atoms with Crippen molar-refractivity contribution in [3.05, 3.63) is 0 Å². The summed E-state index contributed by atoms with van der Waals surface area (Å²) in [5.74, 6) is 0. The zero-order chi connectivity index (χ0) is 11.4. The summed E-state index contributed by atoms with van der Waals surface area (Å²) >= 11 is 2.05. The smallest absolute Gasteiger partial charge is 0.0198 e. The first kappa shape index (κ1) is 12.7. The minimum Gasteiger partial charge on any atom is -0.328 e. The highest BCUT2D eigenvalue weighted by molar-refractivity contribution is 7.99. The van der Waals surface area contributed by atoms with Gasteiger partial charge in [-0.1, -0.05) is 19.3 Å². The largest absolute Gasteiger partial charge is 0.328 e. The van der Waals surface area contributed by atoms with E-state index >= 15 is 0 Å². The van der Waals surface area contributed by atoms with Gasteiger partial charge in [-0.15, -0.1) is 0 Å². The molecule has 2 rings (SSSR count). The third-order valence-electron chi connectivity index (χ3n) is 4.17. The molecule has 2 fully saturated rings. The second-order valence-electron chi connectivity index (χ2n) is 5.46. The maximum Gasteiger partial charge on any atom is 0.0198 e. The molecule has 0 heterocycles. The van der Waals surface area contributed by atoms with Gasteiger partial charge in [-0.2, -0.15) is 11.8 Å². The number of hydrogen-bond acceptors (Lipinski definition) is 3. The summed E-state index contributed by atoms with van der Waals surface area (Å²) in [4.78, 5) is 0. The first-order valence-corrected chi connectivity index (χ1v) is 8.13. The zero-order valence-corrected chi connectivity index (χ0v) is 11.3. The van der Waals surface area contributed by atoms with Gasteiger partial charge in [-0.25, -0.2) is 0 Å². The fraction of sp³-hybridized carbons (Fsp3) is 1.00. The molecule has 0 saturated heterocycles. The maximum atomic E-state index is 6.05. The number of nitrogens with two attached hydrogens (primary N) is 1. The number of nitrogens with one attached hydrogen (secondary N) is 1. The third kappa shape index (κ3) is 3.38. The van der Waals surface area contributed by atoms with Crippen molar-refractivity contribution in [1.29, 1.82) is 0 Å². The molecule has 0 aromatic carbocycles. The van der Waals surface area contributed by atoms with Crippen LogP contribution in [0.1, 0.15) is 51.4 Å². The van der Waals surface area contributed by atoms with Crippen LogP contribution in [0.2, 0.25) is 0 Å². The van der Waals surface area contributed by atoms with Crippen LogP contribution >= 0.6 is 11.8 Å². The summed E-state index contributed by atoms with van der Waals surface area (Å²) in [5.41, 5.74) is 6.05. The second kappa shape index (κ2) is 6.27. The Bertz CT molecular complexity index is 210. The van der Waals surface area contributed by atoms with Crippen molar-refractivity contribution in [2.45, 2.75) is 74.7 Å². The van der Waals surface area contributed by atoms with Crippen molar-refractivity contribution in [1.82, 2.24) is 5.32 Å². The zero-order valence-electron chi connectivity index (χ0n) is 10.5. The van der Waals surface area contributed by atoms with Gasteiger partial charge in [0.15, 0.2) is 0 Å². The first-order chi connectivity index (χ1) is 7.79. The van der Waals surface area contributed by atoms with E-state index in [1.165, 1.54) is 51.4 Å². The van der Waals surface area contributed by atoms with E-state index in [0.29, 0.717) is 12.1 Å². The molecule has 4 unspecified atom stereocenters. The fourth-order valence-corrected chi connectivity index (χ4v) is 4.20. The lowest BCUT2D eigenvalue weighted by atomic mass is 9.88. The monoisotopic (exact) mass is 242 g/mol. The quantitative estimate of drug-likeness (QED) is 0.798. The summed E-state index contributed by atoms with van der Waals surface area (Å²) in [6, 6.07) is 1.89. The Hall–Kier alpha value is 0.270. The van der Waals surface area contributed by atoms with Gasteiger partial charge in [0.1, 0.15) is 0 Å². The molecule has 16 heavy (non-hydrogen) atoms. The predicted molar refractivity (Wildman–Crippen MR) is 72.9 cm³/mol. The topological polar surface area (TPSA) is 38.0 Å². The molecule has 0 radical (unpaired) electrons. The van der Waals surface area contributed by atoms with Crippen LogP contribution in [0.25, 0.3) is 0 Å². The van der Waals surface area contributed by atoms with E-state index in [4.69, 9.17) is 5.73 Å². The van der Waals surface area contributed by atoms with E-state index in [0.717, 1.165) is 11.3 Å². The Labute approximate surface area is 104 Å². The minimum atomic E-state index is 0.447. The lowest BCUT2D eigenvalue weighted by Gasteiger charge is -2.36. The lowest BCUT2D eigenvalue weighted by Crippen LogP contribution is -2.49. The number of hydrogen-bond donors (Lipinski definition) is 2. The molecule has 4 atom stereocenters. The molecule has 2 nitrogen and oxygen atoms in total. The van der Waals surface area contributed by atoms with Crippen molar-refractivity contribution in [2.75, 3.05) is 6.26 Å². The van der Waals surface area contributed by atoms with Crippen molar-refractivity contribution >= 4 is 11.8 Å². The van der Waals surface area contributed by atoms with Gasteiger partial charge in [0.2, 0.25) is 0 Å². The van der Waals surface area contributed by atoms with E-state index in [-0.39, 0.29) is 0 Å². The molecule has 0 aromatic heterocycles. The molecule has 2 aliphatic carbocycles. The molecule has 0 amide bonds. The maximum absolute atomic E-state index is 6.05. The Morgan fingerprint density at radius 2 is 1.88 bits per heavy atom. The lowest BCUT2D eigenvalue weighted by molar-refractivity contribution is 0.281. The van der Waals surface area contributed by atoms with Crippen molar-refractivity contribution < 1.29 is 0 Å². The average Bonchev–Trinajstić information content (AvgIpc) is 2.30. The Balaban J connectivity index is 1.82. The van der Waals surface area contributed by atoms with Gasteiger partial charge in [-0.05, 0) is 38.4 Å². The molecular weight excluding hydrogens is 216 g/mol. The summed E-state index contributed by atoms with van der Waals surface area (Å²) in [6.07, 6.45) is 12.9. The molecule has 2 aliphatic rings. The standard InChI is InChI=1S/C13H26N2S/c1-16-13-8-3-2-7-12(13)15-11-6-4-5-10(14)9-11/h10-13,15H,2-9,14H2,1H3. The fourth-order valence-electron chi connectivity index (χ4n) is 3.25. The van der Waals surface area contributed by atoms with E-state index in [1.54, 1.807) is 0 Å². The summed E-state index contributed by atoms with van der Waals surface area (Å²) in [5, 5.41) is 4.73. The van der Waals surface area contributed by atoms with Crippen LogP contribution in [0.5, 0.6) is 0 Å². The normalized spacial score (nSPS) is 40.9. The van der Waals surface area contributed by atoms with Crippen LogP contribution in [-0.4, -0.2) is 29.6 Å². The minimum absolute atomic E-state index is 0.447. The highest BCUT2D eigenvalue weighted by Gasteiger charge is 2.28. The first-order valence-electron chi connectivity index (χ1n) is 6.84. The van der Waals surface area contributed by atoms with Crippen molar-refractivity contribution in [3.63, 3.8) is 0 Å². The van der Waals surface area contributed by atoms with Crippen LogP contribution in [0.15, 0.2) is 0 Å². The van der Waals surface area contributed by atoms with Gasteiger partial charge in [0, 0.05) is 23.4 Å². The second-order valence-corrected chi connectivity index (χ2v) is 6.53. The average molecular weight is 242 g/mol. The molecule has 0 aliphatic heterocycles. The highest BCUT2D eigenvalue weighted by atomic mass is 32.2. The van der Waals surface area contributed by atoms with Crippen LogP contribution in [0.4, 0.5) is 0 Å². The van der Waals surface area contributed by atoms with Gasteiger partial charge in [0.05, 0.1) is 0 Å². The molecule has 3 heteroatoms. The van der Waals surface area contributed by atoms with E-state index in [2.05, 4.69) is 11.6 Å². The SMILES string of the molecule is CSC1CCCCC1NC1CCCC(N)C1. The molecule has 0 bridgehead atoms. The summed E-state index contributed by atoms with van der Waals surface area (Å²) < 4.78 is 0. The molecule has 2 saturated carbocycles. The van der Waals surface area contributed by atoms with Crippen LogP contribution in [0.3, 0.4) is 0 Å². The van der Waals surface area contributed by atoms with E-state index in [9.17, 15) is 0 Å². The molecular formula is C13H26N2S. The van der Waals surface area contributed by atoms with Crippen molar-refractivity contribution in [2.24, 2.45) is 5.73 Å². The van der Waals surface area contributed by atoms with Crippen LogP contribution in [-0.2, 0) is 0 Å². The number of thioether (sulfide) groups is 1. The molecule has 3 N–H and O–H groups in total. The summed E-state index contributed by atoms with van der Waals surface area (Å²) in [6.45, 7) is 0. The Kier molecular flexibility index (Phi) is 4.98. The van der Waals surface area contributed by atoms with Crippen LogP contribution < -0.4 is 11.1 Å². The van der Waals surface area contributed by atoms with E-state index < -0.39 is 0 Å². The van der Waals surface area contributed by atoms with Gasteiger partial charge < -0.3 is 11.1 Å². The highest BCUT2D eigenvalue weighted by Crippen LogP contribution is 2.28.